The van der Waals surface area contributed by atoms with Crippen molar-refractivity contribution in [3.8, 4) is 0 Å². The van der Waals surface area contributed by atoms with E-state index < -0.39 is 58.7 Å². The van der Waals surface area contributed by atoms with Gasteiger partial charge in [0.15, 0.2) is 0 Å². The van der Waals surface area contributed by atoms with Gasteiger partial charge in [-0.15, -0.1) is 0 Å². The number of aliphatic imine (C=N–C) groups is 1. The smallest absolute Gasteiger partial charge is 0.326 e. The van der Waals surface area contributed by atoms with Crippen molar-refractivity contribution < 1.29 is 30.7 Å². The van der Waals surface area contributed by atoms with Crippen molar-refractivity contribution in [2.75, 3.05) is 5.32 Å². The third-order valence-corrected chi connectivity index (χ3v) is 5.46. The molecule has 0 amide bonds. The van der Waals surface area contributed by atoms with Crippen LogP contribution < -0.4 is 16.6 Å². The number of anilines is 1. The van der Waals surface area contributed by atoms with Crippen molar-refractivity contribution in [3.63, 3.8) is 0 Å². The first kappa shape index (κ1) is 24.2. The van der Waals surface area contributed by atoms with Gasteiger partial charge in [-0.3, -0.25) is 19.0 Å². The van der Waals surface area contributed by atoms with E-state index in [0.29, 0.717) is 15.8 Å². The lowest BCUT2D eigenvalue weighted by Gasteiger charge is -2.38. The number of aromatic amines is 1. The van der Waals surface area contributed by atoms with Crippen LogP contribution in [0.3, 0.4) is 0 Å². The van der Waals surface area contributed by atoms with Gasteiger partial charge in [-0.05, 0) is 31.2 Å². The maximum atomic E-state index is 14.3. The van der Waals surface area contributed by atoms with Crippen LogP contribution in [0, 0.1) is 12.7 Å². The number of hydrogen-bond acceptors (Lipinski definition) is 5. The maximum Gasteiger partial charge on any atom is 0.427 e. The summed E-state index contributed by atoms with van der Waals surface area (Å²) < 4.78 is 101. The van der Waals surface area contributed by atoms with Crippen LogP contribution in [0.1, 0.15) is 22.4 Å². The Bertz CT molecular complexity index is 1430. The number of H-pyrrole nitrogens is 1. The fraction of sp³-hybridized carbons (Fsp3) is 0.300. The van der Waals surface area contributed by atoms with E-state index in [4.69, 9.17) is 0 Å². The van der Waals surface area contributed by atoms with Gasteiger partial charge in [-0.1, -0.05) is 0 Å². The van der Waals surface area contributed by atoms with Gasteiger partial charge in [0.05, 0.1) is 12.2 Å². The van der Waals surface area contributed by atoms with Crippen LogP contribution in [-0.4, -0.2) is 37.5 Å². The zero-order valence-corrected chi connectivity index (χ0v) is 17.8. The Labute approximate surface area is 190 Å². The number of aromatic nitrogens is 4. The molecule has 3 heterocycles. The van der Waals surface area contributed by atoms with Crippen LogP contribution in [0.5, 0.6) is 0 Å². The predicted molar refractivity (Wildman–Crippen MR) is 109 cm³/mol. The Balaban J connectivity index is 2.09. The molecule has 0 unspecified atom stereocenters. The average molecular weight is 504 g/mol. The summed E-state index contributed by atoms with van der Waals surface area (Å²) >= 11 is 0. The first-order chi connectivity index (χ1) is 16.2. The third-order valence-electron chi connectivity index (χ3n) is 5.46. The average Bonchev–Trinajstić information content (AvgIpc) is 3.05. The maximum absolute atomic E-state index is 14.3. The Kier molecular flexibility index (Phi) is 5.41. The van der Waals surface area contributed by atoms with E-state index in [9.17, 15) is 40.3 Å². The van der Waals surface area contributed by atoms with E-state index in [-0.39, 0.29) is 5.56 Å². The van der Waals surface area contributed by atoms with Crippen LogP contribution in [0.2, 0.25) is 0 Å². The first-order valence-corrected chi connectivity index (χ1v) is 9.78. The number of halogens is 7. The van der Waals surface area contributed by atoms with Gasteiger partial charge in [0, 0.05) is 24.4 Å². The van der Waals surface area contributed by atoms with E-state index in [2.05, 4.69) is 15.4 Å². The van der Waals surface area contributed by atoms with E-state index >= 15 is 0 Å². The van der Waals surface area contributed by atoms with Gasteiger partial charge in [0.25, 0.3) is 11.1 Å². The molecule has 2 N–H and O–H groups in total. The van der Waals surface area contributed by atoms with Gasteiger partial charge in [-0.2, -0.15) is 31.4 Å². The lowest BCUT2D eigenvalue weighted by molar-refractivity contribution is -0.301. The first-order valence-electron chi connectivity index (χ1n) is 9.78. The van der Waals surface area contributed by atoms with E-state index in [1.165, 1.54) is 24.9 Å². The second-order valence-corrected chi connectivity index (χ2v) is 7.78. The molecule has 4 rings (SSSR count). The number of nitrogens with one attached hydrogen (secondary N) is 2. The molecule has 35 heavy (non-hydrogen) atoms. The van der Waals surface area contributed by atoms with Crippen molar-refractivity contribution >= 4 is 11.7 Å². The van der Waals surface area contributed by atoms with Crippen molar-refractivity contribution in [1.29, 1.82) is 0 Å². The van der Waals surface area contributed by atoms with Gasteiger partial charge >= 0.3 is 18.0 Å². The van der Waals surface area contributed by atoms with E-state index in [0.717, 1.165) is 24.3 Å². The van der Waals surface area contributed by atoms with E-state index in [1.54, 1.807) is 4.98 Å². The Morgan fingerprint density at radius 2 is 1.63 bits per heavy atom. The normalized spacial score (nSPS) is 15.4. The number of rotatable bonds is 3. The highest BCUT2D eigenvalue weighted by molar-refractivity contribution is 6.09. The highest BCUT2D eigenvalue weighted by atomic mass is 19.4. The number of fused-ring (bicyclic) bond motifs is 1. The number of nitrogens with zero attached hydrogens (tertiary/aromatic N) is 4. The monoisotopic (exact) mass is 504 g/mol. The molecule has 0 atom stereocenters. The second-order valence-electron chi connectivity index (χ2n) is 7.78. The molecular weight excluding hydrogens is 489 g/mol. The second kappa shape index (κ2) is 7.81. The quantitative estimate of drug-likeness (QED) is 0.537. The van der Waals surface area contributed by atoms with Gasteiger partial charge in [0.2, 0.25) is 0 Å². The summed E-state index contributed by atoms with van der Waals surface area (Å²) in [5.41, 5.74) is -9.73. The molecule has 186 valence electrons. The topological polar surface area (TPSA) is 97.1 Å². The summed E-state index contributed by atoms with van der Waals surface area (Å²) in [5.74, 6) is -2.82. The molecule has 0 bridgehead atoms. The van der Waals surface area contributed by atoms with Gasteiger partial charge < -0.3 is 5.32 Å². The minimum atomic E-state index is -6.15. The zero-order valence-electron chi connectivity index (χ0n) is 17.8. The van der Waals surface area contributed by atoms with Crippen LogP contribution in [0.25, 0.3) is 0 Å². The predicted octanol–water partition coefficient (Wildman–Crippen LogP) is 2.96. The Morgan fingerprint density at radius 1 is 1.03 bits per heavy atom. The fourth-order valence-corrected chi connectivity index (χ4v) is 3.84. The Morgan fingerprint density at radius 3 is 2.14 bits per heavy atom. The molecule has 3 aromatic rings. The Hall–Kier alpha value is -3.91. The summed E-state index contributed by atoms with van der Waals surface area (Å²) in [6.45, 7) is 1.00. The SMILES string of the molecule is Cc1nn(C)cc1Cn1c2c(c(=O)[nH]c1=O)C(C(F)(F)F)(C(F)(F)F)N=C(c1ccc(F)cc1)N2. The van der Waals surface area contributed by atoms with Crippen LogP contribution >= 0.6 is 0 Å². The zero-order chi connectivity index (χ0) is 25.9. The highest BCUT2D eigenvalue weighted by Crippen LogP contribution is 2.55. The summed E-state index contributed by atoms with van der Waals surface area (Å²) in [4.78, 5) is 29.6. The number of alkyl halides is 6. The third kappa shape index (κ3) is 3.80. The minimum absolute atomic E-state index is 0.293. The van der Waals surface area contributed by atoms with Crippen molar-refractivity contribution in [3.05, 3.63) is 79.5 Å². The number of hydrogen-bond donors (Lipinski definition) is 2. The molecule has 0 fully saturated rings. The van der Waals surface area contributed by atoms with Crippen LogP contribution in [-0.2, 0) is 19.1 Å². The van der Waals surface area contributed by atoms with E-state index in [1.807, 2.05) is 0 Å². The molecule has 0 saturated heterocycles. The summed E-state index contributed by atoms with van der Waals surface area (Å²) in [5, 5.41) is 6.31. The molecular formula is C20H15F7N6O2. The fourth-order valence-electron chi connectivity index (χ4n) is 3.84. The van der Waals surface area contributed by atoms with Gasteiger partial charge in [-0.25, -0.2) is 14.2 Å². The standard InChI is InChI=1S/C20H15F7N6O2/c1-9-11(7-32(2)31-9)8-33-15-13(16(34)29-17(33)35)18(19(22,23)24,20(25,26)27)30-14(28-15)10-3-5-12(21)6-4-10/h3-7H,8H2,1-2H3,(H,28,30)(H,29,34,35). The summed E-state index contributed by atoms with van der Waals surface area (Å²) in [6.07, 6.45) is -10.9. The number of amidine groups is 1. The molecule has 2 aromatic heterocycles. The molecule has 0 radical (unpaired) electrons. The van der Waals surface area contributed by atoms with Crippen molar-refractivity contribution in [1.82, 2.24) is 19.3 Å². The van der Waals surface area contributed by atoms with Gasteiger partial charge in [0.1, 0.15) is 23.0 Å². The van der Waals surface area contributed by atoms with Crippen molar-refractivity contribution in [2.45, 2.75) is 31.4 Å². The number of aryl methyl sites for hydroxylation is 2. The summed E-state index contributed by atoms with van der Waals surface area (Å²) in [6, 6.07) is 3.43. The molecule has 1 aliphatic heterocycles. The highest BCUT2D eigenvalue weighted by Gasteiger charge is 2.75. The number of benzene rings is 1. The molecule has 0 saturated carbocycles. The summed E-state index contributed by atoms with van der Waals surface area (Å²) in [7, 11) is 1.53. The largest absolute Gasteiger partial charge is 0.427 e. The molecule has 1 aromatic carbocycles. The minimum Gasteiger partial charge on any atom is -0.326 e. The molecule has 8 nitrogen and oxygen atoms in total. The van der Waals surface area contributed by atoms with Crippen LogP contribution in [0.4, 0.5) is 36.6 Å². The molecule has 0 aliphatic carbocycles. The van der Waals surface area contributed by atoms with Crippen LogP contribution in [0.15, 0.2) is 45.0 Å². The molecule has 1 aliphatic rings. The lowest BCUT2D eigenvalue weighted by atomic mass is 9.87. The van der Waals surface area contributed by atoms with Crippen molar-refractivity contribution in [2.24, 2.45) is 12.0 Å². The molecule has 0 spiro atoms. The molecule has 15 heteroatoms. The lowest BCUT2D eigenvalue weighted by Crippen LogP contribution is -2.59.